The molecule has 1 aromatic heterocycles. The Bertz CT molecular complexity index is 308. The fourth-order valence-electron chi connectivity index (χ4n) is 2.31. The van der Waals surface area contributed by atoms with Gasteiger partial charge in [-0.05, 0) is 32.9 Å². The summed E-state index contributed by atoms with van der Waals surface area (Å²) < 4.78 is 0. The highest BCUT2D eigenvalue weighted by atomic mass is 15.1. The summed E-state index contributed by atoms with van der Waals surface area (Å²) in [4.78, 5) is 10.6. The maximum absolute atomic E-state index is 4.02. The molecule has 1 fully saturated rings. The first-order valence-corrected chi connectivity index (χ1v) is 6.54. The van der Waals surface area contributed by atoms with E-state index in [-0.39, 0.29) is 0 Å². The lowest BCUT2D eigenvalue weighted by molar-refractivity contribution is 0.209. The molecule has 1 N–H and O–H groups in total. The Hall–Kier alpha value is -1.00. The average molecular weight is 234 g/mol. The molecule has 0 spiro atoms. The smallest absolute Gasteiger partial charge is 0.115 e. The molecule has 0 aliphatic carbocycles. The quantitative estimate of drug-likeness (QED) is 0.837. The van der Waals surface area contributed by atoms with Crippen LogP contribution in [0.3, 0.4) is 0 Å². The van der Waals surface area contributed by atoms with Crippen LogP contribution in [0.15, 0.2) is 18.7 Å². The minimum Gasteiger partial charge on any atom is -0.309 e. The van der Waals surface area contributed by atoms with Crippen LogP contribution in [0, 0.1) is 0 Å². The summed E-state index contributed by atoms with van der Waals surface area (Å²) in [6.07, 6.45) is 9.43. The van der Waals surface area contributed by atoms with Crippen LogP contribution in [-0.2, 0) is 6.54 Å². The van der Waals surface area contributed by atoms with Crippen molar-refractivity contribution in [3.8, 4) is 0 Å². The monoisotopic (exact) mass is 234 g/mol. The normalized spacial score (nSPS) is 19.1. The molecule has 1 aromatic rings. The average Bonchev–Trinajstić information content (AvgIpc) is 2.39. The molecule has 0 bridgehead atoms. The van der Waals surface area contributed by atoms with Gasteiger partial charge >= 0.3 is 0 Å². The highest BCUT2D eigenvalue weighted by Crippen LogP contribution is 2.08. The minimum atomic E-state index is 0.522. The molecule has 4 heteroatoms. The molecule has 2 rings (SSSR count). The third-order valence-electron chi connectivity index (χ3n) is 3.25. The molecular weight excluding hydrogens is 212 g/mol. The van der Waals surface area contributed by atoms with Crippen molar-refractivity contribution in [2.24, 2.45) is 0 Å². The topological polar surface area (TPSA) is 41.0 Å². The van der Waals surface area contributed by atoms with Gasteiger partial charge in [0.2, 0.25) is 0 Å². The molecule has 1 unspecified atom stereocenters. The van der Waals surface area contributed by atoms with Gasteiger partial charge in [-0.2, -0.15) is 0 Å². The van der Waals surface area contributed by atoms with Gasteiger partial charge in [0.25, 0.3) is 0 Å². The number of hydrogen-bond acceptors (Lipinski definition) is 4. The number of aromatic nitrogens is 2. The summed E-state index contributed by atoms with van der Waals surface area (Å²) >= 11 is 0. The number of rotatable bonds is 5. The fraction of sp³-hybridized carbons (Fsp3) is 0.692. The van der Waals surface area contributed by atoms with E-state index in [0.717, 1.165) is 18.7 Å². The van der Waals surface area contributed by atoms with Gasteiger partial charge < -0.3 is 10.2 Å². The molecule has 0 radical (unpaired) electrons. The lowest BCUT2D eigenvalue weighted by atomic mass is 10.1. The van der Waals surface area contributed by atoms with E-state index in [0.29, 0.717) is 6.04 Å². The molecular formula is C13H22N4. The van der Waals surface area contributed by atoms with Crippen LogP contribution in [0.4, 0.5) is 0 Å². The minimum absolute atomic E-state index is 0.522. The van der Waals surface area contributed by atoms with Crippen molar-refractivity contribution in [2.75, 3.05) is 19.6 Å². The first kappa shape index (κ1) is 12.5. The Labute approximate surface area is 103 Å². The standard InChI is InChI=1S/C13H22N4/c1-12(10-17-5-3-2-4-6-17)16-9-13-7-14-11-15-8-13/h7-8,11-12,16H,2-6,9-10H2,1H3. The predicted molar refractivity (Wildman–Crippen MR) is 68.6 cm³/mol. The van der Waals surface area contributed by atoms with Crippen molar-refractivity contribution in [1.29, 1.82) is 0 Å². The largest absolute Gasteiger partial charge is 0.309 e. The summed E-state index contributed by atoms with van der Waals surface area (Å²) in [5.41, 5.74) is 1.15. The van der Waals surface area contributed by atoms with Gasteiger partial charge in [-0.15, -0.1) is 0 Å². The second-order valence-corrected chi connectivity index (χ2v) is 4.89. The van der Waals surface area contributed by atoms with Crippen molar-refractivity contribution in [2.45, 2.75) is 38.8 Å². The van der Waals surface area contributed by atoms with Gasteiger partial charge in [0.05, 0.1) is 0 Å². The summed E-state index contributed by atoms with van der Waals surface area (Å²) in [6, 6.07) is 0.522. The van der Waals surface area contributed by atoms with Crippen molar-refractivity contribution in [3.05, 3.63) is 24.3 Å². The highest BCUT2D eigenvalue weighted by molar-refractivity contribution is 5.01. The Morgan fingerprint density at radius 1 is 1.24 bits per heavy atom. The Morgan fingerprint density at radius 3 is 2.65 bits per heavy atom. The number of nitrogens with zero attached hydrogens (tertiary/aromatic N) is 3. The van der Waals surface area contributed by atoms with E-state index in [1.807, 2.05) is 12.4 Å². The van der Waals surface area contributed by atoms with Crippen LogP contribution in [0.5, 0.6) is 0 Å². The lowest BCUT2D eigenvalue weighted by Crippen LogP contribution is -2.41. The third-order valence-corrected chi connectivity index (χ3v) is 3.25. The SMILES string of the molecule is CC(CN1CCCCC1)NCc1cncnc1. The van der Waals surface area contributed by atoms with Crippen LogP contribution in [0.25, 0.3) is 0 Å². The van der Waals surface area contributed by atoms with E-state index in [1.54, 1.807) is 6.33 Å². The van der Waals surface area contributed by atoms with E-state index in [2.05, 4.69) is 27.1 Å². The zero-order valence-electron chi connectivity index (χ0n) is 10.6. The van der Waals surface area contributed by atoms with Gasteiger partial charge in [-0.3, -0.25) is 0 Å². The Balaban J connectivity index is 1.68. The fourth-order valence-corrected chi connectivity index (χ4v) is 2.31. The van der Waals surface area contributed by atoms with E-state index in [9.17, 15) is 0 Å². The first-order valence-electron chi connectivity index (χ1n) is 6.54. The predicted octanol–water partition coefficient (Wildman–Crippen LogP) is 1.44. The molecule has 2 heterocycles. The van der Waals surface area contributed by atoms with E-state index in [1.165, 1.54) is 32.4 Å². The summed E-state index contributed by atoms with van der Waals surface area (Å²) in [5.74, 6) is 0. The second kappa shape index (κ2) is 6.67. The van der Waals surface area contributed by atoms with E-state index in [4.69, 9.17) is 0 Å². The molecule has 1 saturated heterocycles. The van der Waals surface area contributed by atoms with Crippen LogP contribution < -0.4 is 5.32 Å². The summed E-state index contributed by atoms with van der Waals surface area (Å²) in [6.45, 7) is 6.78. The van der Waals surface area contributed by atoms with Gasteiger partial charge in [-0.1, -0.05) is 6.42 Å². The molecule has 4 nitrogen and oxygen atoms in total. The lowest BCUT2D eigenvalue weighted by Gasteiger charge is -2.29. The van der Waals surface area contributed by atoms with Gasteiger partial charge in [0, 0.05) is 37.1 Å². The summed E-state index contributed by atoms with van der Waals surface area (Å²) in [7, 11) is 0. The first-order chi connectivity index (χ1) is 8.34. The zero-order valence-corrected chi connectivity index (χ0v) is 10.6. The highest BCUT2D eigenvalue weighted by Gasteiger charge is 2.12. The third kappa shape index (κ3) is 4.40. The number of likely N-dealkylation sites (tertiary alicyclic amines) is 1. The Kier molecular flexibility index (Phi) is 4.88. The molecule has 1 aliphatic rings. The number of piperidine rings is 1. The van der Waals surface area contributed by atoms with E-state index >= 15 is 0 Å². The van der Waals surface area contributed by atoms with Crippen LogP contribution >= 0.6 is 0 Å². The van der Waals surface area contributed by atoms with E-state index < -0.39 is 0 Å². The van der Waals surface area contributed by atoms with Crippen LogP contribution in [-0.4, -0.2) is 40.5 Å². The van der Waals surface area contributed by atoms with Gasteiger partial charge in [-0.25, -0.2) is 9.97 Å². The van der Waals surface area contributed by atoms with Crippen molar-refractivity contribution >= 4 is 0 Å². The van der Waals surface area contributed by atoms with Gasteiger partial charge in [0.1, 0.15) is 6.33 Å². The molecule has 0 amide bonds. The second-order valence-electron chi connectivity index (χ2n) is 4.89. The van der Waals surface area contributed by atoms with Gasteiger partial charge in [0.15, 0.2) is 0 Å². The molecule has 17 heavy (non-hydrogen) atoms. The maximum atomic E-state index is 4.02. The van der Waals surface area contributed by atoms with Crippen LogP contribution in [0.2, 0.25) is 0 Å². The molecule has 0 saturated carbocycles. The summed E-state index contributed by atoms with van der Waals surface area (Å²) in [5, 5.41) is 3.52. The molecule has 1 atom stereocenters. The van der Waals surface area contributed by atoms with Crippen LogP contribution in [0.1, 0.15) is 31.7 Å². The molecule has 0 aromatic carbocycles. The Morgan fingerprint density at radius 2 is 1.94 bits per heavy atom. The van der Waals surface area contributed by atoms with Crippen molar-refractivity contribution in [1.82, 2.24) is 20.2 Å². The van der Waals surface area contributed by atoms with Crippen molar-refractivity contribution in [3.63, 3.8) is 0 Å². The molecule has 1 aliphatic heterocycles. The number of nitrogens with one attached hydrogen (secondary N) is 1. The molecule has 94 valence electrons. The van der Waals surface area contributed by atoms with Crippen molar-refractivity contribution < 1.29 is 0 Å². The maximum Gasteiger partial charge on any atom is 0.115 e. The number of hydrogen-bond donors (Lipinski definition) is 1. The zero-order chi connectivity index (χ0) is 11.9.